The van der Waals surface area contributed by atoms with Crippen LogP contribution in [0, 0.1) is 17.7 Å². The topological polar surface area (TPSA) is 9.23 Å². The zero-order valence-electron chi connectivity index (χ0n) is 16.8. The molecule has 1 nitrogen and oxygen atoms in total. The van der Waals surface area contributed by atoms with Gasteiger partial charge in [0.15, 0.2) is 5.83 Å². The van der Waals surface area contributed by atoms with Crippen LogP contribution in [0.5, 0.6) is 0 Å². The maximum atomic E-state index is 14.5. The number of benzene rings is 1. The number of ether oxygens (including phenoxy) is 1. The first-order valence-corrected chi connectivity index (χ1v) is 10.6. The first-order valence-electron chi connectivity index (χ1n) is 10.6. The molecular weight excluding hydrogens is 387 g/mol. The molecule has 2 saturated carbocycles. The van der Waals surface area contributed by atoms with E-state index in [-0.39, 0.29) is 18.5 Å². The molecule has 0 radical (unpaired) electrons. The number of hydrogen-bond donors (Lipinski definition) is 0. The van der Waals surface area contributed by atoms with Gasteiger partial charge in [0.25, 0.3) is 0 Å². The van der Waals surface area contributed by atoms with Gasteiger partial charge in [0.05, 0.1) is 12.7 Å². The van der Waals surface area contributed by atoms with Crippen molar-refractivity contribution in [2.45, 2.75) is 83.1 Å². The van der Waals surface area contributed by atoms with E-state index in [9.17, 15) is 22.0 Å². The Hall–Kier alpha value is -1.43. The molecule has 162 valence electrons. The van der Waals surface area contributed by atoms with Crippen LogP contribution in [-0.2, 0) is 11.3 Å². The van der Waals surface area contributed by atoms with Crippen molar-refractivity contribution in [2.24, 2.45) is 11.8 Å². The van der Waals surface area contributed by atoms with Crippen molar-refractivity contribution in [3.05, 3.63) is 47.0 Å². The molecule has 0 aromatic heterocycles. The van der Waals surface area contributed by atoms with Crippen molar-refractivity contribution in [1.29, 1.82) is 0 Å². The molecule has 0 unspecified atom stereocenters. The Labute approximate surface area is 169 Å². The van der Waals surface area contributed by atoms with Crippen LogP contribution in [0.25, 0.3) is 0 Å². The lowest BCUT2D eigenvalue weighted by molar-refractivity contribution is -0.109. The van der Waals surface area contributed by atoms with Crippen molar-refractivity contribution in [1.82, 2.24) is 0 Å². The van der Waals surface area contributed by atoms with Crippen LogP contribution in [0.4, 0.5) is 22.0 Å². The highest BCUT2D eigenvalue weighted by molar-refractivity contribution is 5.27. The molecule has 0 amide bonds. The first-order chi connectivity index (χ1) is 13.7. The van der Waals surface area contributed by atoms with Crippen molar-refractivity contribution in [2.75, 3.05) is 0 Å². The molecular formula is C23H29F5O. The third kappa shape index (κ3) is 6.27. The lowest BCUT2D eigenvalue weighted by Crippen LogP contribution is -2.22. The van der Waals surface area contributed by atoms with E-state index in [0.717, 1.165) is 24.3 Å². The summed E-state index contributed by atoms with van der Waals surface area (Å²) in [6, 6.07) is 5.40. The van der Waals surface area contributed by atoms with Crippen molar-refractivity contribution in [3.63, 3.8) is 0 Å². The molecule has 0 bridgehead atoms. The molecule has 1 aromatic rings. The van der Waals surface area contributed by atoms with E-state index in [1.54, 1.807) is 12.1 Å². The van der Waals surface area contributed by atoms with E-state index in [4.69, 9.17) is 4.74 Å². The van der Waals surface area contributed by atoms with E-state index < -0.39 is 17.9 Å². The lowest BCUT2D eigenvalue weighted by Gasteiger charge is -2.28. The number of halogens is 5. The van der Waals surface area contributed by atoms with Crippen LogP contribution in [-0.4, -0.2) is 12.3 Å². The normalized spacial score (nSPS) is 29.1. The maximum Gasteiger partial charge on any atom is 0.442 e. The zero-order valence-corrected chi connectivity index (χ0v) is 16.8. The third-order valence-corrected chi connectivity index (χ3v) is 6.41. The van der Waals surface area contributed by atoms with Gasteiger partial charge in [-0.1, -0.05) is 31.9 Å². The largest absolute Gasteiger partial charge is 0.442 e. The Morgan fingerprint density at radius 3 is 2.28 bits per heavy atom. The average molecular weight is 416 g/mol. The van der Waals surface area contributed by atoms with Gasteiger partial charge in [0, 0.05) is 5.56 Å². The molecule has 2 aliphatic rings. The predicted molar refractivity (Wildman–Crippen MR) is 103 cm³/mol. The smallest absolute Gasteiger partial charge is 0.373 e. The van der Waals surface area contributed by atoms with Crippen LogP contribution in [0.15, 0.2) is 30.1 Å². The summed E-state index contributed by atoms with van der Waals surface area (Å²) in [5, 5.41) is 0. The van der Waals surface area contributed by atoms with Crippen LogP contribution >= 0.6 is 0 Å². The first kappa shape index (κ1) is 22.3. The van der Waals surface area contributed by atoms with Gasteiger partial charge in [-0.25, -0.2) is 8.78 Å². The summed E-state index contributed by atoms with van der Waals surface area (Å²) in [5.74, 6) is -1.53. The molecule has 1 aromatic carbocycles. The average Bonchev–Trinajstić information content (AvgIpc) is 2.68. The second-order valence-electron chi connectivity index (χ2n) is 8.67. The van der Waals surface area contributed by atoms with Crippen LogP contribution in [0.2, 0.25) is 0 Å². The van der Waals surface area contributed by atoms with Gasteiger partial charge in [0.2, 0.25) is 0 Å². The minimum atomic E-state index is -4.91. The number of rotatable bonds is 5. The monoisotopic (exact) mass is 416 g/mol. The van der Waals surface area contributed by atoms with Gasteiger partial charge >= 0.3 is 6.18 Å². The van der Waals surface area contributed by atoms with Gasteiger partial charge in [-0.2, -0.15) is 13.2 Å². The van der Waals surface area contributed by atoms with E-state index in [1.165, 1.54) is 12.8 Å². The van der Waals surface area contributed by atoms with Crippen LogP contribution in [0.3, 0.4) is 0 Å². The Morgan fingerprint density at radius 1 is 1.03 bits per heavy atom. The quantitative estimate of drug-likeness (QED) is 0.449. The van der Waals surface area contributed by atoms with Crippen molar-refractivity contribution in [3.8, 4) is 0 Å². The van der Waals surface area contributed by atoms with Gasteiger partial charge in [-0.05, 0) is 74.0 Å². The van der Waals surface area contributed by atoms with E-state index >= 15 is 0 Å². The Kier molecular flexibility index (Phi) is 7.36. The second kappa shape index (κ2) is 9.59. The standard InChI is InChI=1S/C23H29F5O/c1-15-2-6-17(7-3-15)18-8-9-19(21(24)13-18)14-29-20-10-4-16(5-11-20)12-22(25)23(26,27)28/h8-9,12-13,15-17,20H,2-7,10-11,14H2,1H3. The minimum absolute atomic E-state index is 0.132. The Balaban J connectivity index is 1.47. The highest BCUT2D eigenvalue weighted by Gasteiger charge is 2.35. The van der Waals surface area contributed by atoms with Gasteiger partial charge < -0.3 is 4.74 Å². The number of allylic oxidation sites excluding steroid dienone is 2. The Bertz CT molecular complexity index is 696. The molecule has 0 saturated heterocycles. The van der Waals surface area contributed by atoms with Crippen molar-refractivity contribution < 1.29 is 26.7 Å². The fraction of sp³-hybridized carbons (Fsp3) is 0.652. The summed E-state index contributed by atoms with van der Waals surface area (Å²) >= 11 is 0. The summed E-state index contributed by atoms with van der Waals surface area (Å²) in [6.45, 7) is 2.41. The molecule has 2 aliphatic carbocycles. The minimum Gasteiger partial charge on any atom is -0.373 e. The van der Waals surface area contributed by atoms with Gasteiger partial charge in [-0.15, -0.1) is 0 Å². The summed E-state index contributed by atoms with van der Waals surface area (Å²) in [6.07, 6.45) is 2.18. The highest BCUT2D eigenvalue weighted by atomic mass is 19.4. The van der Waals surface area contributed by atoms with Gasteiger partial charge in [-0.3, -0.25) is 0 Å². The third-order valence-electron chi connectivity index (χ3n) is 6.41. The highest BCUT2D eigenvalue weighted by Crippen LogP contribution is 2.36. The summed E-state index contributed by atoms with van der Waals surface area (Å²) in [7, 11) is 0. The fourth-order valence-corrected chi connectivity index (χ4v) is 4.46. The molecule has 0 spiro atoms. The molecule has 0 atom stereocenters. The van der Waals surface area contributed by atoms with Gasteiger partial charge in [0.1, 0.15) is 5.82 Å². The predicted octanol–water partition coefficient (Wildman–Crippen LogP) is 7.61. The maximum absolute atomic E-state index is 14.5. The molecule has 6 heteroatoms. The van der Waals surface area contributed by atoms with E-state index in [0.29, 0.717) is 43.2 Å². The van der Waals surface area contributed by atoms with Crippen LogP contribution < -0.4 is 0 Å². The Morgan fingerprint density at radius 2 is 1.69 bits per heavy atom. The van der Waals surface area contributed by atoms with E-state index in [2.05, 4.69) is 6.92 Å². The number of hydrogen-bond acceptors (Lipinski definition) is 1. The fourth-order valence-electron chi connectivity index (χ4n) is 4.46. The second-order valence-corrected chi connectivity index (χ2v) is 8.67. The molecule has 29 heavy (non-hydrogen) atoms. The SMILES string of the molecule is CC1CCC(c2ccc(COC3CCC(C=C(F)C(F)(F)F)CC3)c(F)c2)CC1. The molecule has 3 rings (SSSR count). The summed E-state index contributed by atoms with van der Waals surface area (Å²) < 4.78 is 70.2. The number of alkyl halides is 3. The molecule has 0 heterocycles. The summed E-state index contributed by atoms with van der Waals surface area (Å²) in [4.78, 5) is 0. The molecule has 0 aliphatic heterocycles. The lowest BCUT2D eigenvalue weighted by atomic mass is 9.79. The molecule has 2 fully saturated rings. The van der Waals surface area contributed by atoms with Crippen molar-refractivity contribution >= 4 is 0 Å². The summed E-state index contributed by atoms with van der Waals surface area (Å²) in [5.41, 5.74) is 1.56. The zero-order chi connectivity index (χ0) is 21.0. The van der Waals surface area contributed by atoms with Crippen LogP contribution in [0.1, 0.15) is 75.3 Å². The van der Waals surface area contributed by atoms with E-state index in [1.807, 2.05) is 6.07 Å². The molecule has 0 N–H and O–H groups in total.